The Balaban J connectivity index is 1.56. The van der Waals surface area contributed by atoms with E-state index < -0.39 is 0 Å². The van der Waals surface area contributed by atoms with Crippen LogP contribution >= 0.6 is 23.1 Å². The van der Waals surface area contributed by atoms with E-state index in [1.807, 2.05) is 30.3 Å². The number of hydrogen-bond donors (Lipinski definition) is 1. The van der Waals surface area contributed by atoms with E-state index in [2.05, 4.69) is 20.5 Å². The molecule has 1 amide bonds. The highest BCUT2D eigenvalue weighted by molar-refractivity contribution is 8.00. The Bertz CT molecular complexity index is 759. The fourth-order valence-corrected chi connectivity index (χ4v) is 3.06. The lowest BCUT2D eigenvalue weighted by Gasteiger charge is -2.07. The van der Waals surface area contributed by atoms with Crippen molar-refractivity contribution in [1.29, 1.82) is 0 Å². The third-order valence-corrected chi connectivity index (χ3v) is 4.58. The van der Waals surface area contributed by atoms with E-state index in [9.17, 15) is 4.79 Å². The summed E-state index contributed by atoms with van der Waals surface area (Å²) in [5, 5.41) is 13.2. The highest BCUT2D eigenvalue weighted by atomic mass is 32.2. The molecule has 8 heteroatoms. The number of thioether (sulfide) groups is 1. The van der Waals surface area contributed by atoms with Crippen LogP contribution in [0.5, 0.6) is 0 Å². The van der Waals surface area contributed by atoms with E-state index in [1.54, 1.807) is 18.5 Å². The molecule has 0 saturated carbocycles. The highest BCUT2D eigenvalue weighted by Crippen LogP contribution is 2.24. The van der Waals surface area contributed by atoms with Gasteiger partial charge in [0.05, 0.1) is 11.7 Å². The average molecular weight is 346 g/mol. The summed E-state index contributed by atoms with van der Waals surface area (Å²) in [7, 11) is 0. The van der Waals surface area contributed by atoms with Gasteiger partial charge >= 0.3 is 0 Å². The number of rotatable bonds is 6. The zero-order chi connectivity index (χ0) is 16.1. The van der Waals surface area contributed by atoms with Crippen LogP contribution in [0.1, 0.15) is 18.4 Å². The van der Waals surface area contributed by atoms with Gasteiger partial charge in [-0.2, -0.15) is 0 Å². The first kappa shape index (κ1) is 15.7. The molecule has 2 aromatic heterocycles. The van der Waals surface area contributed by atoms with Gasteiger partial charge < -0.3 is 9.73 Å². The molecule has 1 aromatic carbocycles. The Morgan fingerprint density at radius 2 is 2.17 bits per heavy atom. The van der Waals surface area contributed by atoms with Crippen LogP contribution in [0.4, 0.5) is 5.13 Å². The van der Waals surface area contributed by atoms with Crippen LogP contribution in [-0.4, -0.2) is 26.3 Å². The second-order valence-corrected chi connectivity index (χ2v) is 6.90. The molecule has 0 fully saturated rings. The summed E-state index contributed by atoms with van der Waals surface area (Å²) in [5.74, 6) is 0.388. The zero-order valence-corrected chi connectivity index (χ0v) is 13.9. The Labute approximate surface area is 141 Å². The third kappa shape index (κ3) is 4.40. The van der Waals surface area contributed by atoms with Crippen molar-refractivity contribution >= 4 is 34.1 Å². The van der Waals surface area contributed by atoms with Crippen molar-refractivity contribution in [3.05, 3.63) is 53.4 Å². The van der Waals surface area contributed by atoms with Crippen molar-refractivity contribution in [2.45, 2.75) is 23.8 Å². The lowest BCUT2D eigenvalue weighted by Crippen LogP contribution is -2.22. The fourth-order valence-electron chi connectivity index (χ4n) is 1.82. The molecule has 6 nitrogen and oxygen atoms in total. The summed E-state index contributed by atoms with van der Waals surface area (Å²) < 4.78 is 5.59. The molecule has 118 valence electrons. The second kappa shape index (κ2) is 7.38. The summed E-state index contributed by atoms with van der Waals surface area (Å²) in [6.45, 7) is 1.79. The molecule has 0 aliphatic carbocycles. The molecule has 0 radical (unpaired) electrons. The topological polar surface area (TPSA) is 80.9 Å². The first-order chi connectivity index (χ1) is 11.2. The Kier molecular flexibility index (Phi) is 5.04. The molecule has 0 unspecified atom stereocenters. The van der Waals surface area contributed by atoms with Gasteiger partial charge in [0.25, 0.3) is 5.22 Å². The van der Waals surface area contributed by atoms with E-state index in [1.165, 1.54) is 23.1 Å². The number of aromatic nitrogens is 3. The van der Waals surface area contributed by atoms with Gasteiger partial charge in [-0.25, -0.2) is 4.98 Å². The van der Waals surface area contributed by atoms with Crippen molar-refractivity contribution in [3.8, 4) is 0 Å². The minimum atomic E-state index is -0.357. The van der Waals surface area contributed by atoms with Gasteiger partial charge in [-0.05, 0) is 12.5 Å². The number of hydrogen-bond acceptors (Lipinski definition) is 7. The Morgan fingerprint density at radius 1 is 1.35 bits per heavy atom. The van der Waals surface area contributed by atoms with Crippen LogP contribution in [0.3, 0.4) is 0 Å². The molecule has 23 heavy (non-hydrogen) atoms. The van der Waals surface area contributed by atoms with Crippen LogP contribution in [0, 0.1) is 0 Å². The summed E-state index contributed by atoms with van der Waals surface area (Å²) in [6.07, 6.45) is 2.22. The molecule has 1 atom stereocenters. The number of nitrogens with zero attached hydrogens (tertiary/aromatic N) is 3. The number of carbonyl (C=O) groups excluding carboxylic acids is 1. The van der Waals surface area contributed by atoms with Gasteiger partial charge in [0.15, 0.2) is 5.13 Å². The predicted molar refractivity (Wildman–Crippen MR) is 89.6 cm³/mol. The Hall–Kier alpha value is -2.19. The monoisotopic (exact) mass is 346 g/mol. The lowest BCUT2D eigenvalue weighted by atomic mass is 10.2. The lowest BCUT2D eigenvalue weighted by molar-refractivity contribution is -0.115. The SMILES string of the molecule is C[C@@H](Sc1nnc(Cc2ccccc2)o1)C(=O)Nc1nccs1. The molecule has 0 saturated heterocycles. The number of thiazole rings is 1. The predicted octanol–water partition coefficient (Wildman–Crippen LogP) is 3.24. The molecule has 0 spiro atoms. The summed E-state index contributed by atoms with van der Waals surface area (Å²) in [6, 6.07) is 9.89. The zero-order valence-electron chi connectivity index (χ0n) is 12.3. The maximum Gasteiger partial charge on any atom is 0.277 e. The van der Waals surface area contributed by atoms with Gasteiger partial charge in [0, 0.05) is 11.6 Å². The Morgan fingerprint density at radius 3 is 2.91 bits per heavy atom. The maximum atomic E-state index is 12.1. The molecular formula is C15H14N4O2S2. The summed E-state index contributed by atoms with van der Waals surface area (Å²) in [4.78, 5) is 16.1. The largest absolute Gasteiger partial charge is 0.416 e. The standard InChI is InChI=1S/C15H14N4O2S2/c1-10(13(20)17-14-16-7-8-22-14)23-15-19-18-12(21-15)9-11-5-3-2-4-6-11/h2-8,10H,9H2,1H3,(H,16,17,20)/t10-/m1/s1. The van der Waals surface area contributed by atoms with E-state index in [4.69, 9.17) is 4.42 Å². The van der Waals surface area contributed by atoms with Crippen molar-refractivity contribution < 1.29 is 9.21 Å². The molecule has 3 rings (SSSR count). The van der Waals surface area contributed by atoms with Crippen LogP contribution < -0.4 is 5.32 Å². The minimum absolute atomic E-state index is 0.146. The van der Waals surface area contributed by atoms with Crippen LogP contribution in [0.15, 0.2) is 51.5 Å². The first-order valence-corrected chi connectivity index (χ1v) is 8.70. The van der Waals surface area contributed by atoms with Crippen LogP contribution in [0.2, 0.25) is 0 Å². The normalized spacial score (nSPS) is 12.0. The average Bonchev–Trinajstić information content (AvgIpc) is 3.20. The van der Waals surface area contributed by atoms with Gasteiger partial charge in [0.1, 0.15) is 0 Å². The van der Waals surface area contributed by atoms with Crippen LogP contribution in [-0.2, 0) is 11.2 Å². The molecule has 0 aliphatic rings. The fraction of sp³-hybridized carbons (Fsp3) is 0.200. The molecule has 1 N–H and O–H groups in total. The van der Waals surface area contributed by atoms with Crippen LogP contribution in [0.25, 0.3) is 0 Å². The van der Waals surface area contributed by atoms with E-state index in [-0.39, 0.29) is 11.2 Å². The number of anilines is 1. The second-order valence-electron chi connectivity index (χ2n) is 4.71. The quantitative estimate of drug-likeness (QED) is 0.690. The summed E-state index contributed by atoms with van der Waals surface area (Å²) in [5.41, 5.74) is 1.10. The number of carbonyl (C=O) groups is 1. The van der Waals surface area contributed by atoms with Gasteiger partial charge in [-0.1, -0.05) is 42.1 Å². The van der Waals surface area contributed by atoms with Gasteiger partial charge in [-0.15, -0.1) is 21.5 Å². The van der Waals surface area contributed by atoms with Crippen molar-refractivity contribution in [3.63, 3.8) is 0 Å². The van der Waals surface area contributed by atoms with Crippen molar-refractivity contribution in [1.82, 2.24) is 15.2 Å². The number of amides is 1. The molecule has 0 bridgehead atoms. The third-order valence-electron chi connectivity index (χ3n) is 2.96. The minimum Gasteiger partial charge on any atom is -0.416 e. The highest BCUT2D eigenvalue weighted by Gasteiger charge is 2.19. The van der Waals surface area contributed by atoms with Crippen molar-refractivity contribution in [2.75, 3.05) is 5.32 Å². The van der Waals surface area contributed by atoms with Crippen molar-refractivity contribution in [2.24, 2.45) is 0 Å². The number of nitrogens with one attached hydrogen (secondary N) is 1. The molecule has 0 aliphatic heterocycles. The maximum absolute atomic E-state index is 12.1. The van der Waals surface area contributed by atoms with E-state index >= 15 is 0 Å². The molecule has 2 heterocycles. The number of benzene rings is 1. The smallest absolute Gasteiger partial charge is 0.277 e. The van der Waals surface area contributed by atoms with Gasteiger partial charge in [-0.3, -0.25) is 4.79 Å². The summed E-state index contributed by atoms with van der Waals surface area (Å²) >= 11 is 2.61. The van der Waals surface area contributed by atoms with E-state index in [0.29, 0.717) is 22.7 Å². The van der Waals surface area contributed by atoms with Gasteiger partial charge in [0.2, 0.25) is 11.8 Å². The molecular weight excluding hydrogens is 332 g/mol. The molecule has 3 aromatic rings. The van der Waals surface area contributed by atoms with E-state index in [0.717, 1.165) is 5.56 Å². The first-order valence-electron chi connectivity index (χ1n) is 6.94.